The van der Waals surface area contributed by atoms with E-state index in [0.29, 0.717) is 0 Å². The molecule has 0 aliphatic rings. The molecule has 5 nitrogen and oxygen atoms in total. The van der Waals surface area contributed by atoms with Gasteiger partial charge in [-0.3, -0.25) is 9.48 Å². The van der Waals surface area contributed by atoms with Crippen molar-refractivity contribution in [3.05, 3.63) is 18.5 Å². The van der Waals surface area contributed by atoms with Gasteiger partial charge < -0.3 is 10.6 Å². The van der Waals surface area contributed by atoms with Gasteiger partial charge in [-0.1, -0.05) is 0 Å². The van der Waals surface area contributed by atoms with Gasteiger partial charge in [-0.15, -0.1) is 0 Å². The number of hydrogen-bond donors (Lipinski definition) is 2. The van der Waals surface area contributed by atoms with Gasteiger partial charge in [0, 0.05) is 25.0 Å². The van der Waals surface area contributed by atoms with Crippen LogP contribution in [0.4, 0.5) is 0 Å². The predicted molar refractivity (Wildman–Crippen MR) is 63.0 cm³/mol. The minimum Gasteiger partial charge on any atom is -0.353 e. The highest BCUT2D eigenvalue weighted by atomic mass is 16.2. The number of nitrogens with zero attached hydrogens (tertiary/aromatic N) is 2. The zero-order valence-electron chi connectivity index (χ0n) is 10.1. The molecule has 1 rings (SSSR count). The van der Waals surface area contributed by atoms with Crippen LogP contribution in [0.15, 0.2) is 18.5 Å². The lowest BCUT2D eigenvalue weighted by Crippen LogP contribution is -2.45. The topological polar surface area (TPSA) is 59.0 Å². The molecule has 2 N–H and O–H groups in total. The van der Waals surface area contributed by atoms with Gasteiger partial charge in [0.15, 0.2) is 0 Å². The second kappa shape index (κ2) is 6.27. The van der Waals surface area contributed by atoms with Crippen LogP contribution >= 0.6 is 0 Å². The molecule has 16 heavy (non-hydrogen) atoms. The van der Waals surface area contributed by atoms with Crippen LogP contribution in [0, 0.1) is 0 Å². The van der Waals surface area contributed by atoms with E-state index in [4.69, 9.17) is 0 Å². The van der Waals surface area contributed by atoms with Crippen molar-refractivity contribution >= 4 is 5.91 Å². The maximum Gasteiger partial charge on any atom is 0.237 e. The van der Waals surface area contributed by atoms with E-state index in [2.05, 4.69) is 15.7 Å². The smallest absolute Gasteiger partial charge is 0.237 e. The third kappa shape index (κ3) is 4.44. The molecule has 0 unspecified atom stereocenters. The second-order valence-corrected chi connectivity index (χ2v) is 4.11. The number of carbonyl (C=O) groups is 1. The number of rotatable bonds is 6. The lowest BCUT2D eigenvalue weighted by Gasteiger charge is -2.15. The zero-order valence-corrected chi connectivity index (χ0v) is 10.1. The fourth-order valence-electron chi connectivity index (χ4n) is 1.33. The number of amides is 1. The monoisotopic (exact) mass is 224 g/mol. The average molecular weight is 224 g/mol. The SMILES string of the molecule is CC(C)NC(=O)[C@@H](C)NCCn1cccn1. The van der Waals surface area contributed by atoms with E-state index in [0.717, 1.165) is 13.1 Å². The van der Waals surface area contributed by atoms with Crippen LogP contribution in [0.2, 0.25) is 0 Å². The van der Waals surface area contributed by atoms with Crippen LogP contribution in [0.3, 0.4) is 0 Å². The number of carbonyl (C=O) groups excluding carboxylic acids is 1. The van der Waals surface area contributed by atoms with Crippen molar-refractivity contribution in [1.82, 2.24) is 20.4 Å². The van der Waals surface area contributed by atoms with Crippen molar-refractivity contribution in [3.8, 4) is 0 Å². The molecular weight excluding hydrogens is 204 g/mol. The second-order valence-electron chi connectivity index (χ2n) is 4.11. The minimum atomic E-state index is -0.169. The number of hydrogen-bond acceptors (Lipinski definition) is 3. The maximum atomic E-state index is 11.5. The van der Waals surface area contributed by atoms with Crippen molar-refractivity contribution in [2.45, 2.75) is 39.4 Å². The Bertz CT molecular complexity index is 308. The van der Waals surface area contributed by atoms with Crippen LogP contribution in [-0.4, -0.2) is 34.3 Å². The summed E-state index contributed by atoms with van der Waals surface area (Å²) >= 11 is 0. The maximum absolute atomic E-state index is 11.5. The normalized spacial score (nSPS) is 12.8. The lowest BCUT2D eigenvalue weighted by atomic mass is 10.3. The van der Waals surface area contributed by atoms with E-state index >= 15 is 0 Å². The van der Waals surface area contributed by atoms with Gasteiger partial charge in [0.1, 0.15) is 0 Å². The molecule has 0 aliphatic heterocycles. The summed E-state index contributed by atoms with van der Waals surface area (Å²) < 4.78 is 1.83. The summed E-state index contributed by atoms with van der Waals surface area (Å²) in [4.78, 5) is 11.5. The molecule has 0 fully saturated rings. The van der Waals surface area contributed by atoms with Crippen LogP contribution in [-0.2, 0) is 11.3 Å². The van der Waals surface area contributed by atoms with Gasteiger partial charge in [-0.2, -0.15) is 5.10 Å². The Kier molecular flexibility index (Phi) is 4.98. The molecule has 90 valence electrons. The van der Waals surface area contributed by atoms with Crippen molar-refractivity contribution in [3.63, 3.8) is 0 Å². The standard InChI is InChI=1S/C11H20N4O/c1-9(2)14-11(16)10(3)12-6-8-15-7-4-5-13-15/h4-5,7,9-10,12H,6,8H2,1-3H3,(H,14,16)/t10-/m1/s1. The van der Waals surface area contributed by atoms with Crippen LogP contribution in [0.25, 0.3) is 0 Å². The molecule has 1 aromatic heterocycles. The molecule has 0 radical (unpaired) electrons. The summed E-state index contributed by atoms with van der Waals surface area (Å²) in [6.45, 7) is 7.27. The average Bonchev–Trinajstić information content (AvgIpc) is 2.69. The quantitative estimate of drug-likeness (QED) is 0.734. The van der Waals surface area contributed by atoms with E-state index in [-0.39, 0.29) is 18.0 Å². The van der Waals surface area contributed by atoms with Crippen LogP contribution in [0.5, 0.6) is 0 Å². The molecule has 1 amide bonds. The molecular formula is C11H20N4O. The molecule has 0 aromatic carbocycles. The Hall–Kier alpha value is -1.36. The highest BCUT2D eigenvalue weighted by molar-refractivity contribution is 5.81. The van der Waals surface area contributed by atoms with E-state index in [1.807, 2.05) is 37.7 Å². The largest absolute Gasteiger partial charge is 0.353 e. The van der Waals surface area contributed by atoms with Crippen LogP contribution < -0.4 is 10.6 Å². The van der Waals surface area contributed by atoms with Gasteiger partial charge in [-0.25, -0.2) is 0 Å². The fraction of sp³-hybridized carbons (Fsp3) is 0.636. The van der Waals surface area contributed by atoms with Crippen molar-refractivity contribution in [1.29, 1.82) is 0 Å². The van der Waals surface area contributed by atoms with Crippen molar-refractivity contribution < 1.29 is 4.79 Å². The summed E-state index contributed by atoms with van der Waals surface area (Å²) in [6, 6.07) is 1.90. The summed E-state index contributed by atoms with van der Waals surface area (Å²) in [5.41, 5.74) is 0. The Labute approximate surface area is 96.2 Å². The highest BCUT2D eigenvalue weighted by Crippen LogP contribution is 1.87. The number of aromatic nitrogens is 2. The Morgan fingerprint density at radius 1 is 1.44 bits per heavy atom. The fourth-order valence-corrected chi connectivity index (χ4v) is 1.33. The van der Waals surface area contributed by atoms with Gasteiger partial charge >= 0.3 is 0 Å². The lowest BCUT2D eigenvalue weighted by molar-refractivity contribution is -0.123. The third-order valence-electron chi connectivity index (χ3n) is 2.17. The van der Waals surface area contributed by atoms with E-state index in [9.17, 15) is 4.79 Å². The summed E-state index contributed by atoms with van der Waals surface area (Å²) in [7, 11) is 0. The molecule has 0 saturated carbocycles. The predicted octanol–water partition coefficient (Wildman–Crippen LogP) is 0.386. The Morgan fingerprint density at radius 3 is 2.75 bits per heavy atom. The van der Waals surface area contributed by atoms with Crippen molar-refractivity contribution in [2.24, 2.45) is 0 Å². The first-order valence-electron chi connectivity index (χ1n) is 5.61. The Balaban J connectivity index is 2.19. The first-order valence-corrected chi connectivity index (χ1v) is 5.61. The molecule has 1 heterocycles. The first kappa shape index (κ1) is 12.7. The first-order chi connectivity index (χ1) is 7.59. The van der Waals surface area contributed by atoms with Gasteiger partial charge in [0.25, 0.3) is 0 Å². The van der Waals surface area contributed by atoms with E-state index in [1.54, 1.807) is 6.20 Å². The molecule has 1 aromatic rings. The molecule has 1 atom stereocenters. The molecule has 5 heteroatoms. The van der Waals surface area contributed by atoms with Crippen LogP contribution in [0.1, 0.15) is 20.8 Å². The van der Waals surface area contributed by atoms with Crippen molar-refractivity contribution in [2.75, 3.05) is 6.54 Å². The molecule has 0 bridgehead atoms. The summed E-state index contributed by atoms with van der Waals surface area (Å²) in [6.07, 6.45) is 3.65. The van der Waals surface area contributed by atoms with Gasteiger partial charge in [0.05, 0.1) is 12.6 Å². The van der Waals surface area contributed by atoms with E-state index in [1.165, 1.54) is 0 Å². The zero-order chi connectivity index (χ0) is 12.0. The number of nitrogens with one attached hydrogen (secondary N) is 2. The van der Waals surface area contributed by atoms with E-state index < -0.39 is 0 Å². The molecule has 0 aliphatic carbocycles. The summed E-state index contributed by atoms with van der Waals surface area (Å²) in [5.74, 6) is 0.0375. The summed E-state index contributed by atoms with van der Waals surface area (Å²) in [5, 5.41) is 10.1. The Morgan fingerprint density at radius 2 is 2.19 bits per heavy atom. The highest BCUT2D eigenvalue weighted by Gasteiger charge is 2.11. The molecule has 0 saturated heterocycles. The third-order valence-corrected chi connectivity index (χ3v) is 2.17. The molecule has 0 spiro atoms. The minimum absolute atomic E-state index is 0.0375. The van der Waals surface area contributed by atoms with Gasteiger partial charge in [-0.05, 0) is 26.8 Å². The van der Waals surface area contributed by atoms with Gasteiger partial charge in [0.2, 0.25) is 5.91 Å².